The van der Waals surface area contributed by atoms with Crippen LogP contribution in [0.2, 0.25) is 0 Å². The Morgan fingerprint density at radius 3 is 2.43 bits per heavy atom. The monoisotopic (exact) mass is 361 g/mol. The van der Waals surface area contributed by atoms with Crippen molar-refractivity contribution in [3.05, 3.63) is 83.2 Å². The molecule has 5 rings (SSSR count). The Balaban J connectivity index is 2.11. The van der Waals surface area contributed by atoms with Crippen LogP contribution in [0.1, 0.15) is 22.4 Å². The third kappa shape index (κ3) is 2.25. The normalized spacial score (nSPS) is 11.4. The fourth-order valence-corrected chi connectivity index (χ4v) is 4.39. The molecule has 3 heteroatoms. The highest BCUT2D eigenvalue weighted by atomic mass is 15.0. The van der Waals surface area contributed by atoms with E-state index in [9.17, 15) is 5.26 Å². The lowest BCUT2D eigenvalue weighted by atomic mass is 9.92. The molecule has 0 unspecified atom stereocenters. The minimum Gasteiger partial charge on any atom is -0.297 e. The van der Waals surface area contributed by atoms with Gasteiger partial charge >= 0.3 is 0 Å². The Morgan fingerprint density at radius 2 is 1.64 bits per heavy atom. The van der Waals surface area contributed by atoms with E-state index in [4.69, 9.17) is 0 Å². The maximum absolute atomic E-state index is 9.44. The molecule has 0 aliphatic carbocycles. The van der Waals surface area contributed by atoms with Crippen molar-refractivity contribution >= 4 is 27.3 Å². The van der Waals surface area contributed by atoms with Crippen molar-refractivity contribution in [1.29, 1.82) is 5.26 Å². The molecule has 0 saturated carbocycles. The number of nitriles is 1. The zero-order valence-electron chi connectivity index (χ0n) is 16.1. The summed E-state index contributed by atoms with van der Waals surface area (Å²) in [6.07, 6.45) is 1.85. The second kappa shape index (κ2) is 5.94. The van der Waals surface area contributed by atoms with Gasteiger partial charge in [0.1, 0.15) is 11.7 Å². The Morgan fingerprint density at radius 1 is 0.857 bits per heavy atom. The van der Waals surface area contributed by atoms with Crippen LogP contribution in [-0.2, 0) is 0 Å². The number of hydrogen-bond donors (Lipinski definition) is 0. The second-order valence-corrected chi connectivity index (χ2v) is 7.45. The Labute approximate surface area is 163 Å². The summed E-state index contributed by atoms with van der Waals surface area (Å²) in [5.41, 5.74) is 8.47. The van der Waals surface area contributed by atoms with Crippen molar-refractivity contribution in [3.63, 3.8) is 0 Å². The van der Waals surface area contributed by atoms with Gasteiger partial charge in [0, 0.05) is 22.4 Å². The van der Waals surface area contributed by atoms with Crippen molar-refractivity contribution in [1.82, 2.24) is 9.38 Å². The van der Waals surface area contributed by atoms with Crippen LogP contribution in [0.5, 0.6) is 0 Å². The van der Waals surface area contributed by atoms with E-state index in [0.717, 1.165) is 16.6 Å². The molecule has 0 amide bonds. The summed E-state index contributed by atoms with van der Waals surface area (Å²) in [6, 6.07) is 21.5. The third-order valence-electron chi connectivity index (χ3n) is 5.52. The predicted octanol–water partition coefficient (Wildman–Crippen LogP) is 6.10. The van der Waals surface area contributed by atoms with Crippen molar-refractivity contribution < 1.29 is 0 Å². The zero-order chi connectivity index (χ0) is 19.4. The maximum atomic E-state index is 9.44. The smallest absolute Gasteiger partial charge is 0.159 e. The third-order valence-corrected chi connectivity index (χ3v) is 5.52. The minimum absolute atomic E-state index is 0.440. The first-order valence-electron chi connectivity index (χ1n) is 9.39. The number of pyridine rings is 1. The quantitative estimate of drug-likeness (QED) is 0.338. The molecule has 2 aromatic heterocycles. The van der Waals surface area contributed by atoms with E-state index in [-0.39, 0.29) is 0 Å². The summed E-state index contributed by atoms with van der Waals surface area (Å²) in [4.78, 5) is 4.63. The molecule has 134 valence electrons. The SMILES string of the molecule is Cc1cc(C)c2c(c1)c1c(-c3ccccc3C)cccc1c1nc(C#N)cn12. The number of aromatic nitrogens is 2. The van der Waals surface area contributed by atoms with Gasteiger partial charge in [0.05, 0.1) is 5.52 Å². The average molecular weight is 361 g/mol. The molecule has 0 saturated heterocycles. The summed E-state index contributed by atoms with van der Waals surface area (Å²) < 4.78 is 2.08. The summed E-state index contributed by atoms with van der Waals surface area (Å²) >= 11 is 0. The minimum atomic E-state index is 0.440. The maximum Gasteiger partial charge on any atom is 0.159 e. The standard InChI is InChI=1S/C25H19N3/c1-15-11-17(3)24-22(12-15)23-20(19-8-5-4-7-16(19)2)9-6-10-21(23)25-27-18(13-26)14-28(24)25/h4-12,14H,1-3H3. The highest BCUT2D eigenvalue weighted by molar-refractivity contribution is 6.18. The Hall–Kier alpha value is -3.64. The Bertz CT molecular complexity index is 1450. The van der Waals surface area contributed by atoms with E-state index in [0.29, 0.717) is 5.69 Å². The summed E-state index contributed by atoms with van der Waals surface area (Å²) in [5, 5.41) is 12.9. The molecule has 5 aromatic rings. The van der Waals surface area contributed by atoms with Crippen LogP contribution < -0.4 is 0 Å². The largest absolute Gasteiger partial charge is 0.297 e. The molecule has 0 N–H and O–H groups in total. The van der Waals surface area contributed by atoms with E-state index in [2.05, 4.69) is 90.8 Å². The van der Waals surface area contributed by atoms with Crippen LogP contribution in [0, 0.1) is 32.1 Å². The first-order chi connectivity index (χ1) is 13.6. The number of hydrogen-bond acceptors (Lipinski definition) is 2. The molecular formula is C25H19N3. The molecule has 0 bridgehead atoms. The van der Waals surface area contributed by atoms with Crippen LogP contribution in [0.3, 0.4) is 0 Å². The number of benzene rings is 3. The number of nitrogens with zero attached hydrogens (tertiary/aromatic N) is 3. The summed E-state index contributed by atoms with van der Waals surface area (Å²) in [6.45, 7) is 6.41. The first kappa shape index (κ1) is 16.5. The average Bonchev–Trinajstić information content (AvgIpc) is 3.12. The van der Waals surface area contributed by atoms with Gasteiger partial charge in [0.15, 0.2) is 5.69 Å². The van der Waals surface area contributed by atoms with Gasteiger partial charge in [0.25, 0.3) is 0 Å². The molecule has 3 aromatic carbocycles. The van der Waals surface area contributed by atoms with Crippen molar-refractivity contribution in [2.75, 3.05) is 0 Å². The zero-order valence-corrected chi connectivity index (χ0v) is 16.1. The van der Waals surface area contributed by atoms with Crippen molar-refractivity contribution in [2.45, 2.75) is 20.8 Å². The molecule has 0 aliphatic heterocycles. The fourth-order valence-electron chi connectivity index (χ4n) is 4.39. The van der Waals surface area contributed by atoms with Gasteiger partial charge in [-0.1, -0.05) is 54.1 Å². The van der Waals surface area contributed by atoms with Gasteiger partial charge in [-0.3, -0.25) is 4.40 Å². The van der Waals surface area contributed by atoms with Crippen LogP contribution in [0.25, 0.3) is 38.4 Å². The lowest BCUT2D eigenvalue weighted by Gasteiger charge is -2.16. The van der Waals surface area contributed by atoms with Crippen LogP contribution in [-0.4, -0.2) is 9.38 Å². The molecule has 0 fully saturated rings. The molecule has 2 heterocycles. The van der Waals surface area contributed by atoms with Crippen LogP contribution in [0.15, 0.2) is 60.8 Å². The van der Waals surface area contributed by atoms with E-state index in [1.165, 1.54) is 38.6 Å². The van der Waals surface area contributed by atoms with Gasteiger partial charge in [-0.05, 0) is 49.1 Å². The van der Waals surface area contributed by atoms with Crippen molar-refractivity contribution in [3.8, 4) is 17.2 Å². The number of fused-ring (bicyclic) bond motifs is 6. The summed E-state index contributed by atoms with van der Waals surface area (Å²) in [7, 11) is 0. The summed E-state index contributed by atoms with van der Waals surface area (Å²) in [5.74, 6) is 0. The highest BCUT2D eigenvalue weighted by Gasteiger charge is 2.17. The lowest BCUT2D eigenvalue weighted by Crippen LogP contribution is -1.96. The molecule has 0 spiro atoms. The fraction of sp³-hybridized carbons (Fsp3) is 0.120. The topological polar surface area (TPSA) is 41.1 Å². The Kier molecular flexibility index (Phi) is 3.50. The van der Waals surface area contributed by atoms with Gasteiger partial charge in [0.2, 0.25) is 0 Å². The number of rotatable bonds is 1. The first-order valence-corrected chi connectivity index (χ1v) is 9.39. The lowest BCUT2D eigenvalue weighted by molar-refractivity contribution is 1.24. The number of aryl methyl sites for hydroxylation is 3. The van der Waals surface area contributed by atoms with E-state index < -0.39 is 0 Å². The molecule has 0 radical (unpaired) electrons. The predicted molar refractivity (Wildman–Crippen MR) is 115 cm³/mol. The van der Waals surface area contributed by atoms with Gasteiger partial charge < -0.3 is 0 Å². The van der Waals surface area contributed by atoms with Crippen LogP contribution >= 0.6 is 0 Å². The van der Waals surface area contributed by atoms with Crippen LogP contribution in [0.4, 0.5) is 0 Å². The molecule has 3 nitrogen and oxygen atoms in total. The second-order valence-electron chi connectivity index (χ2n) is 7.45. The van der Waals surface area contributed by atoms with E-state index in [1.54, 1.807) is 0 Å². The van der Waals surface area contributed by atoms with E-state index in [1.807, 2.05) is 6.20 Å². The molecule has 0 atom stereocenters. The number of imidazole rings is 1. The van der Waals surface area contributed by atoms with E-state index >= 15 is 0 Å². The molecular weight excluding hydrogens is 342 g/mol. The highest BCUT2D eigenvalue weighted by Crippen LogP contribution is 2.39. The molecule has 28 heavy (non-hydrogen) atoms. The van der Waals surface area contributed by atoms with Gasteiger partial charge in [-0.15, -0.1) is 0 Å². The van der Waals surface area contributed by atoms with Gasteiger partial charge in [-0.25, -0.2) is 4.98 Å². The van der Waals surface area contributed by atoms with Crippen molar-refractivity contribution in [2.24, 2.45) is 0 Å². The molecule has 0 aliphatic rings. The van der Waals surface area contributed by atoms with Gasteiger partial charge in [-0.2, -0.15) is 5.26 Å².